The van der Waals surface area contributed by atoms with Gasteiger partial charge >= 0.3 is 11.6 Å². The zero-order chi connectivity index (χ0) is 21.8. The predicted octanol–water partition coefficient (Wildman–Crippen LogP) is 3.45. The Bertz CT molecular complexity index is 1090. The van der Waals surface area contributed by atoms with Crippen LogP contribution < -0.4 is 10.1 Å². The highest BCUT2D eigenvalue weighted by atomic mass is 79.9. The van der Waals surface area contributed by atoms with Crippen molar-refractivity contribution in [3.05, 3.63) is 62.0 Å². The number of ether oxygens (including phenoxy) is 1. The number of benzene rings is 1. The van der Waals surface area contributed by atoms with Gasteiger partial charge in [0, 0.05) is 12.1 Å². The minimum absolute atomic E-state index is 0.0797. The van der Waals surface area contributed by atoms with Crippen LogP contribution in [0.4, 0.5) is 11.4 Å². The van der Waals surface area contributed by atoms with Gasteiger partial charge < -0.3 is 10.1 Å². The molecule has 0 aliphatic heterocycles. The number of methoxy groups -OCH3 is 1. The van der Waals surface area contributed by atoms with Gasteiger partial charge in [0.25, 0.3) is 0 Å². The van der Waals surface area contributed by atoms with E-state index < -0.39 is 4.92 Å². The van der Waals surface area contributed by atoms with Crippen molar-refractivity contribution >= 4 is 33.2 Å². The summed E-state index contributed by atoms with van der Waals surface area (Å²) in [5.74, 6) is -0.304. The third kappa shape index (κ3) is 4.85. The number of carbonyl (C=O) groups excluding carboxylic acids is 1. The Morgan fingerprint density at radius 3 is 2.70 bits per heavy atom. The summed E-state index contributed by atoms with van der Waals surface area (Å²) in [6.07, 6.45) is 1.36. The Labute approximate surface area is 181 Å². The van der Waals surface area contributed by atoms with Gasteiger partial charge in [-0.25, -0.2) is 0 Å². The first-order valence-corrected chi connectivity index (χ1v) is 9.92. The molecule has 10 nitrogen and oxygen atoms in total. The molecule has 0 unspecified atom stereocenters. The third-order valence-corrected chi connectivity index (χ3v) is 5.65. The van der Waals surface area contributed by atoms with E-state index in [1.807, 2.05) is 36.7 Å². The van der Waals surface area contributed by atoms with Crippen molar-refractivity contribution in [1.82, 2.24) is 19.6 Å². The lowest BCUT2D eigenvalue weighted by Crippen LogP contribution is -2.15. The topological polar surface area (TPSA) is 117 Å². The van der Waals surface area contributed by atoms with Crippen LogP contribution in [0.25, 0.3) is 0 Å². The molecule has 0 fully saturated rings. The molecule has 1 amide bonds. The minimum Gasteiger partial charge on any atom is -0.475 e. The van der Waals surface area contributed by atoms with Crippen LogP contribution in [-0.4, -0.2) is 37.5 Å². The molecule has 0 aliphatic rings. The highest BCUT2D eigenvalue weighted by Crippen LogP contribution is 2.24. The number of hydrogen-bond donors (Lipinski definition) is 1. The van der Waals surface area contributed by atoms with Gasteiger partial charge in [-0.15, -0.1) is 5.10 Å². The average Bonchev–Trinajstić information content (AvgIpc) is 3.24. The number of rotatable bonds is 8. The summed E-state index contributed by atoms with van der Waals surface area (Å²) in [6.45, 7) is 4.70. The van der Waals surface area contributed by atoms with Crippen molar-refractivity contribution in [2.45, 2.75) is 33.4 Å². The SMILES string of the molecule is COc1nn(CCC(=O)Nc2cccc(Cn3nc(C)c(Br)c3C)c2)cc1[N+](=O)[O-]. The molecule has 0 spiro atoms. The highest BCUT2D eigenvalue weighted by Gasteiger charge is 2.20. The second kappa shape index (κ2) is 9.08. The van der Waals surface area contributed by atoms with Gasteiger partial charge in [-0.1, -0.05) is 12.1 Å². The number of nitrogens with one attached hydrogen (secondary N) is 1. The molecule has 0 aliphatic carbocycles. The van der Waals surface area contributed by atoms with Gasteiger partial charge in [-0.05, 0) is 47.5 Å². The van der Waals surface area contributed by atoms with E-state index in [1.165, 1.54) is 18.0 Å². The zero-order valence-electron chi connectivity index (χ0n) is 16.8. The molecule has 2 heterocycles. The zero-order valence-corrected chi connectivity index (χ0v) is 18.3. The van der Waals surface area contributed by atoms with Crippen LogP contribution in [0.15, 0.2) is 34.9 Å². The Hall–Kier alpha value is -3.21. The monoisotopic (exact) mass is 476 g/mol. The largest absolute Gasteiger partial charge is 0.475 e. The van der Waals surface area contributed by atoms with E-state index in [9.17, 15) is 14.9 Å². The lowest BCUT2D eigenvalue weighted by atomic mass is 10.2. The van der Waals surface area contributed by atoms with Crippen LogP contribution in [0, 0.1) is 24.0 Å². The number of hydrogen-bond acceptors (Lipinski definition) is 6. The summed E-state index contributed by atoms with van der Waals surface area (Å²) in [5, 5.41) is 22.3. The number of carbonyl (C=O) groups is 1. The van der Waals surface area contributed by atoms with Crippen molar-refractivity contribution < 1.29 is 14.5 Å². The van der Waals surface area contributed by atoms with E-state index in [-0.39, 0.29) is 30.4 Å². The predicted molar refractivity (Wildman–Crippen MR) is 114 cm³/mol. The molecule has 0 radical (unpaired) electrons. The van der Waals surface area contributed by atoms with E-state index in [0.717, 1.165) is 21.4 Å². The van der Waals surface area contributed by atoms with Crippen molar-refractivity contribution in [1.29, 1.82) is 0 Å². The van der Waals surface area contributed by atoms with Crippen LogP contribution in [0.2, 0.25) is 0 Å². The fourth-order valence-corrected chi connectivity index (χ4v) is 3.25. The number of halogens is 1. The highest BCUT2D eigenvalue weighted by molar-refractivity contribution is 9.10. The van der Waals surface area contributed by atoms with Crippen LogP contribution >= 0.6 is 15.9 Å². The van der Waals surface area contributed by atoms with Crippen molar-refractivity contribution in [2.24, 2.45) is 0 Å². The second-order valence-corrected chi connectivity index (χ2v) is 7.48. The standard InChI is InChI=1S/C19H21BrN6O4/c1-12-18(20)13(2)25(22-12)10-14-5-4-6-15(9-14)21-17(27)7-8-24-11-16(26(28)29)19(23-24)30-3/h4-6,9,11H,7-8,10H2,1-3H3,(H,21,27). The maximum Gasteiger partial charge on any atom is 0.350 e. The molecule has 1 aromatic carbocycles. The normalized spacial score (nSPS) is 10.8. The Morgan fingerprint density at radius 2 is 2.10 bits per heavy atom. The number of aryl methyl sites for hydroxylation is 2. The summed E-state index contributed by atoms with van der Waals surface area (Å²) >= 11 is 3.52. The lowest BCUT2D eigenvalue weighted by molar-refractivity contribution is -0.385. The third-order valence-electron chi connectivity index (χ3n) is 4.50. The van der Waals surface area contributed by atoms with E-state index in [2.05, 4.69) is 31.4 Å². The van der Waals surface area contributed by atoms with E-state index in [0.29, 0.717) is 12.2 Å². The van der Waals surface area contributed by atoms with Crippen molar-refractivity contribution in [2.75, 3.05) is 12.4 Å². The van der Waals surface area contributed by atoms with Crippen molar-refractivity contribution in [3.63, 3.8) is 0 Å². The smallest absolute Gasteiger partial charge is 0.350 e. The molecule has 2 aromatic heterocycles. The molecule has 1 N–H and O–H groups in total. The first-order valence-electron chi connectivity index (χ1n) is 9.12. The fraction of sp³-hybridized carbons (Fsp3) is 0.316. The van der Waals surface area contributed by atoms with E-state index >= 15 is 0 Å². The molecular weight excluding hydrogens is 456 g/mol. The number of nitro groups is 1. The first kappa shape index (κ1) is 21.5. The van der Waals surface area contributed by atoms with Crippen LogP contribution in [-0.2, 0) is 17.9 Å². The Morgan fingerprint density at radius 1 is 1.33 bits per heavy atom. The molecule has 0 saturated heterocycles. The number of nitrogens with zero attached hydrogens (tertiary/aromatic N) is 5. The molecule has 3 aromatic rings. The fourth-order valence-electron chi connectivity index (χ4n) is 2.97. The Balaban J connectivity index is 1.61. The van der Waals surface area contributed by atoms with Crippen LogP contribution in [0.3, 0.4) is 0 Å². The first-order chi connectivity index (χ1) is 14.3. The minimum atomic E-state index is -0.574. The van der Waals surface area contributed by atoms with Gasteiger partial charge in [0.1, 0.15) is 6.20 Å². The quantitative estimate of drug-likeness (QED) is 0.392. The van der Waals surface area contributed by atoms with E-state index in [1.54, 1.807) is 6.07 Å². The molecular formula is C19H21BrN6O4. The van der Waals surface area contributed by atoms with Gasteiger partial charge in [0.15, 0.2) is 0 Å². The molecule has 11 heteroatoms. The summed E-state index contributed by atoms with van der Waals surface area (Å²) < 4.78 is 9.10. The average molecular weight is 477 g/mol. The van der Waals surface area contributed by atoms with Gasteiger partial charge in [-0.2, -0.15) is 5.10 Å². The molecule has 0 saturated carbocycles. The van der Waals surface area contributed by atoms with Crippen LogP contribution in [0.1, 0.15) is 23.4 Å². The number of aromatic nitrogens is 4. The number of amides is 1. The summed E-state index contributed by atoms with van der Waals surface area (Å²) in [4.78, 5) is 22.7. The molecule has 0 atom stereocenters. The van der Waals surface area contributed by atoms with Crippen LogP contribution in [0.5, 0.6) is 5.88 Å². The summed E-state index contributed by atoms with van der Waals surface area (Å²) in [7, 11) is 1.31. The van der Waals surface area contributed by atoms with Crippen molar-refractivity contribution in [3.8, 4) is 5.88 Å². The maximum absolute atomic E-state index is 12.3. The lowest BCUT2D eigenvalue weighted by Gasteiger charge is -2.09. The van der Waals surface area contributed by atoms with Gasteiger partial charge in [0.05, 0.1) is 41.0 Å². The number of anilines is 1. The second-order valence-electron chi connectivity index (χ2n) is 6.68. The summed E-state index contributed by atoms with van der Waals surface area (Å²) in [5.41, 5.74) is 3.39. The van der Waals surface area contributed by atoms with E-state index in [4.69, 9.17) is 4.74 Å². The molecule has 30 heavy (non-hydrogen) atoms. The maximum atomic E-state index is 12.3. The molecule has 3 rings (SSSR count). The molecule has 0 bridgehead atoms. The summed E-state index contributed by atoms with van der Waals surface area (Å²) in [6, 6.07) is 7.53. The molecule has 158 valence electrons. The van der Waals surface area contributed by atoms with Gasteiger partial charge in [0.2, 0.25) is 5.91 Å². The Kier molecular flexibility index (Phi) is 6.50. The van der Waals surface area contributed by atoms with Gasteiger partial charge in [-0.3, -0.25) is 24.3 Å².